The summed E-state index contributed by atoms with van der Waals surface area (Å²) in [6.45, 7) is 0. The van der Waals surface area contributed by atoms with Gasteiger partial charge in [-0.2, -0.15) is 0 Å². The summed E-state index contributed by atoms with van der Waals surface area (Å²) in [6, 6.07) is 0.954. The molecule has 1 saturated carbocycles. The second-order valence-corrected chi connectivity index (χ2v) is 4.43. The zero-order valence-corrected chi connectivity index (χ0v) is 11.5. The lowest BCUT2D eigenvalue weighted by atomic mass is 9.92. The topological polar surface area (TPSA) is 78.4 Å². The van der Waals surface area contributed by atoms with Crippen molar-refractivity contribution in [3.8, 4) is 18.0 Å². The molecule has 0 bridgehead atoms. The number of rotatable bonds is 5. The number of hydrogen-bond donors (Lipinski definition) is 1. The highest BCUT2D eigenvalue weighted by Crippen LogP contribution is 2.23. The number of nitrogens with zero attached hydrogens (tertiary/aromatic N) is 3. The van der Waals surface area contributed by atoms with Gasteiger partial charge in [-0.25, -0.2) is 0 Å². The van der Waals surface area contributed by atoms with Crippen molar-refractivity contribution in [2.45, 2.75) is 37.8 Å². The van der Waals surface area contributed by atoms with Gasteiger partial charge >= 0.3 is 18.0 Å². The van der Waals surface area contributed by atoms with E-state index < -0.39 is 0 Å². The van der Waals surface area contributed by atoms with E-state index in [0.29, 0.717) is 6.04 Å². The Hall–Kier alpha value is -1.63. The molecule has 2 rings (SSSR count). The van der Waals surface area contributed by atoms with Gasteiger partial charge in [-0.1, -0.05) is 6.42 Å². The summed E-state index contributed by atoms with van der Waals surface area (Å²) in [7, 11) is 4.94. The molecular weight excluding hydrogens is 248 g/mol. The molecular formula is C12H20N4O3. The van der Waals surface area contributed by atoms with Crippen LogP contribution in [0.1, 0.15) is 25.7 Å². The minimum absolute atomic E-state index is 0.0653. The van der Waals surface area contributed by atoms with Crippen LogP contribution in [-0.4, -0.2) is 48.4 Å². The van der Waals surface area contributed by atoms with E-state index in [1.54, 1.807) is 0 Å². The Morgan fingerprint density at radius 2 is 1.53 bits per heavy atom. The van der Waals surface area contributed by atoms with E-state index in [2.05, 4.69) is 20.3 Å². The number of hydrogen-bond acceptors (Lipinski definition) is 7. The Kier molecular flexibility index (Phi) is 4.73. The van der Waals surface area contributed by atoms with Crippen molar-refractivity contribution in [2.75, 3.05) is 21.3 Å². The van der Waals surface area contributed by atoms with Gasteiger partial charge in [0.2, 0.25) is 0 Å². The molecule has 2 unspecified atom stereocenters. The van der Waals surface area contributed by atoms with Crippen molar-refractivity contribution in [3.63, 3.8) is 0 Å². The van der Waals surface area contributed by atoms with Crippen molar-refractivity contribution in [3.05, 3.63) is 0 Å². The van der Waals surface area contributed by atoms with Gasteiger partial charge < -0.3 is 19.5 Å². The summed E-state index contributed by atoms with van der Waals surface area (Å²) >= 11 is 0. The Labute approximate surface area is 112 Å². The average molecular weight is 268 g/mol. The van der Waals surface area contributed by atoms with Gasteiger partial charge in [0.05, 0.1) is 14.2 Å². The second-order valence-electron chi connectivity index (χ2n) is 4.43. The van der Waals surface area contributed by atoms with Crippen LogP contribution in [0, 0.1) is 0 Å². The number of nitrogens with one attached hydrogen (secondary N) is 1. The van der Waals surface area contributed by atoms with Crippen molar-refractivity contribution in [2.24, 2.45) is 0 Å². The van der Waals surface area contributed by atoms with E-state index in [1.807, 2.05) is 7.05 Å². The van der Waals surface area contributed by atoms with E-state index in [0.717, 1.165) is 19.3 Å². The van der Waals surface area contributed by atoms with Crippen LogP contribution in [0.15, 0.2) is 0 Å². The predicted molar refractivity (Wildman–Crippen MR) is 68.7 cm³/mol. The quantitative estimate of drug-likeness (QED) is 0.846. The third kappa shape index (κ3) is 3.44. The zero-order valence-electron chi connectivity index (χ0n) is 11.5. The van der Waals surface area contributed by atoms with Crippen LogP contribution in [0.4, 0.5) is 0 Å². The predicted octanol–water partition coefficient (Wildman–Crippen LogP) is 0.798. The van der Waals surface area contributed by atoms with Gasteiger partial charge in [-0.05, 0) is 26.3 Å². The van der Waals surface area contributed by atoms with Crippen molar-refractivity contribution in [1.82, 2.24) is 20.3 Å². The summed E-state index contributed by atoms with van der Waals surface area (Å²) in [4.78, 5) is 12.1. The molecule has 0 radical (unpaired) electrons. The van der Waals surface area contributed by atoms with E-state index in [9.17, 15) is 0 Å². The van der Waals surface area contributed by atoms with Gasteiger partial charge in [0, 0.05) is 6.04 Å². The summed E-state index contributed by atoms with van der Waals surface area (Å²) in [5, 5.41) is 3.27. The monoisotopic (exact) mass is 268 g/mol. The summed E-state index contributed by atoms with van der Waals surface area (Å²) < 4.78 is 15.9. The van der Waals surface area contributed by atoms with Crippen LogP contribution in [0.3, 0.4) is 0 Å². The molecule has 0 aromatic carbocycles. The van der Waals surface area contributed by atoms with E-state index in [4.69, 9.17) is 14.2 Å². The van der Waals surface area contributed by atoms with Crippen LogP contribution in [-0.2, 0) is 0 Å². The standard InChI is InChI=1S/C12H20N4O3/c1-13-8-6-4-5-7-9(8)19-12-15-10(17-2)14-11(16-12)18-3/h8-9,13H,4-7H2,1-3H3. The van der Waals surface area contributed by atoms with Crippen LogP contribution in [0.5, 0.6) is 18.0 Å². The lowest BCUT2D eigenvalue weighted by molar-refractivity contribution is 0.104. The Balaban J connectivity index is 2.12. The first-order chi connectivity index (χ1) is 9.26. The minimum atomic E-state index is 0.0653. The first-order valence-electron chi connectivity index (χ1n) is 6.44. The third-order valence-electron chi connectivity index (χ3n) is 3.27. The average Bonchev–Trinajstić information content (AvgIpc) is 2.47. The first-order valence-corrected chi connectivity index (χ1v) is 6.44. The molecule has 1 N–H and O–H groups in total. The van der Waals surface area contributed by atoms with E-state index >= 15 is 0 Å². The molecule has 106 valence electrons. The molecule has 2 atom stereocenters. The van der Waals surface area contributed by atoms with Gasteiger partial charge in [0.1, 0.15) is 6.10 Å². The molecule has 0 spiro atoms. The highest BCUT2D eigenvalue weighted by molar-refractivity contribution is 5.09. The van der Waals surface area contributed by atoms with Crippen LogP contribution in [0.2, 0.25) is 0 Å². The molecule has 19 heavy (non-hydrogen) atoms. The lowest BCUT2D eigenvalue weighted by Crippen LogP contribution is -2.43. The smallest absolute Gasteiger partial charge is 0.326 e. The van der Waals surface area contributed by atoms with Crippen LogP contribution in [0.25, 0.3) is 0 Å². The summed E-state index contributed by atoms with van der Waals surface area (Å²) in [5.41, 5.74) is 0. The molecule has 1 fully saturated rings. The molecule has 1 aromatic rings. The molecule has 1 aliphatic rings. The number of methoxy groups -OCH3 is 2. The Bertz CT molecular complexity index is 394. The van der Waals surface area contributed by atoms with Gasteiger partial charge in [-0.15, -0.1) is 15.0 Å². The molecule has 1 aliphatic carbocycles. The molecule has 0 amide bonds. The van der Waals surface area contributed by atoms with Gasteiger partial charge in [0.25, 0.3) is 0 Å². The largest absolute Gasteiger partial charge is 0.467 e. The molecule has 0 saturated heterocycles. The van der Waals surface area contributed by atoms with Crippen molar-refractivity contribution in [1.29, 1.82) is 0 Å². The fraction of sp³-hybridized carbons (Fsp3) is 0.750. The normalized spacial score (nSPS) is 22.9. The summed E-state index contributed by atoms with van der Waals surface area (Å²) in [5.74, 6) is 0. The second kappa shape index (κ2) is 6.51. The van der Waals surface area contributed by atoms with Crippen LogP contribution >= 0.6 is 0 Å². The summed E-state index contributed by atoms with van der Waals surface area (Å²) in [6.07, 6.45) is 4.52. The SMILES string of the molecule is CNC1CCCCC1Oc1nc(OC)nc(OC)n1. The molecule has 0 aliphatic heterocycles. The minimum Gasteiger partial charge on any atom is -0.467 e. The number of aromatic nitrogens is 3. The molecule has 7 nitrogen and oxygen atoms in total. The highest BCUT2D eigenvalue weighted by Gasteiger charge is 2.26. The first kappa shape index (κ1) is 13.8. The van der Waals surface area contributed by atoms with Gasteiger partial charge in [0.15, 0.2) is 0 Å². The fourth-order valence-electron chi connectivity index (χ4n) is 2.26. The molecule has 7 heteroatoms. The Morgan fingerprint density at radius 1 is 0.947 bits per heavy atom. The highest BCUT2D eigenvalue weighted by atomic mass is 16.5. The maximum absolute atomic E-state index is 5.86. The number of likely N-dealkylation sites (N-methyl/N-ethyl adjacent to an activating group) is 1. The lowest BCUT2D eigenvalue weighted by Gasteiger charge is -2.30. The van der Waals surface area contributed by atoms with Crippen molar-refractivity contribution >= 4 is 0 Å². The van der Waals surface area contributed by atoms with Gasteiger partial charge in [-0.3, -0.25) is 0 Å². The maximum atomic E-state index is 5.86. The Morgan fingerprint density at radius 3 is 2.11 bits per heavy atom. The van der Waals surface area contributed by atoms with E-state index in [1.165, 1.54) is 20.6 Å². The van der Waals surface area contributed by atoms with E-state index in [-0.39, 0.29) is 24.1 Å². The molecule has 1 heterocycles. The third-order valence-corrected chi connectivity index (χ3v) is 3.27. The van der Waals surface area contributed by atoms with Crippen molar-refractivity contribution < 1.29 is 14.2 Å². The molecule has 1 aromatic heterocycles. The zero-order chi connectivity index (χ0) is 13.7. The fourth-order valence-corrected chi connectivity index (χ4v) is 2.26. The number of ether oxygens (including phenoxy) is 3. The van der Waals surface area contributed by atoms with Crippen LogP contribution < -0.4 is 19.5 Å². The maximum Gasteiger partial charge on any atom is 0.326 e.